The van der Waals surface area contributed by atoms with Crippen molar-refractivity contribution >= 4 is 17.2 Å². The second-order valence-corrected chi connectivity index (χ2v) is 3.94. The van der Waals surface area contributed by atoms with Gasteiger partial charge in [0.2, 0.25) is 0 Å². The van der Waals surface area contributed by atoms with E-state index in [4.69, 9.17) is 5.84 Å². The van der Waals surface area contributed by atoms with Gasteiger partial charge in [-0.3, -0.25) is 15.1 Å². The molecule has 0 bridgehead atoms. The van der Waals surface area contributed by atoms with Crippen molar-refractivity contribution in [1.29, 1.82) is 0 Å². The SMILES string of the molecule is CCN(CC)Cc1csc(C(=O)NN)n1. The van der Waals surface area contributed by atoms with Crippen molar-refractivity contribution in [2.24, 2.45) is 5.84 Å². The second-order valence-electron chi connectivity index (χ2n) is 3.08. The van der Waals surface area contributed by atoms with Gasteiger partial charge in [-0.2, -0.15) is 0 Å². The highest BCUT2D eigenvalue weighted by atomic mass is 32.1. The molecule has 15 heavy (non-hydrogen) atoms. The molecule has 1 heterocycles. The Balaban J connectivity index is 2.63. The van der Waals surface area contributed by atoms with Gasteiger partial charge in [0, 0.05) is 11.9 Å². The van der Waals surface area contributed by atoms with E-state index in [1.165, 1.54) is 11.3 Å². The number of nitrogen functional groups attached to an aromatic ring is 1. The molecule has 84 valence electrons. The van der Waals surface area contributed by atoms with Crippen LogP contribution in [-0.4, -0.2) is 28.9 Å². The van der Waals surface area contributed by atoms with E-state index in [0.29, 0.717) is 5.01 Å². The number of nitrogens with one attached hydrogen (secondary N) is 1. The number of thiazole rings is 1. The van der Waals surface area contributed by atoms with Crippen molar-refractivity contribution in [1.82, 2.24) is 15.3 Å². The van der Waals surface area contributed by atoms with Crippen LogP contribution in [0.5, 0.6) is 0 Å². The minimum atomic E-state index is -0.328. The standard InChI is InChI=1S/C9H16N4OS/c1-3-13(4-2)5-7-6-15-9(11-7)8(14)12-10/h6H,3-5,10H2,1-2H3,(H,12,14). The van der Waals surface area contributed by atoms with Crippen LogP contribution in [0.2, 0.25) is 0 Å². The third-order valence-electron chi connectivity index (χ3n) is 2.16. The Labute approximate surface area is 93.3 Å². The van der Waals surface area contributed by atoms with Crippen LogP contribution >= 0.6 is 11.3 Å². The first-order chi connectivity index (χ1) is 7.21. The number of aromatic nitrogens is 1. The lowest BCUT2D eigenvalue weighted by Gasteiger charge is -2.15. The van der Waals surface area contributed by atoms with E-state index in [-0.39, 0.29) is 5.91 Å². The van der Waals surface area contributed by atoms with Crippen molar-refractivity contribution in [3.8, 4) is 0 Å². The average molecular weight is 228 g/mol. The lowest BCUT2D eigenvalue weighted by molar-refractivity contribution is 0.0953. The van der Waals surface area contributed by atoms with E-state index in [1.54, 1.807) is 0 Å². The number of nitrogens with two attached hydrogens (primary N) is 1. The van der Waals surface area contributed by atoms with Crippen molar-refractivity contribution in [3.63, 3.8) is 0 Å². The molecule has 0 aliphatic carbocycles. The summed E-state index contributed by atoms with van der Waals surface area (Å²) in [7, 11) is 0. The van der Waals surface area contributed by atoms with Gasteiger partial charge in [-0.25, -0.2) is 10.8 Å². The maximum Gasteiger partial charge on any atom is 0.294 e. The van der Waals surface area contributed by atoms with Gasteiger partial charge in [0.25, 0.3) is 5.91 Å². The van der Waals surface area contributed by atoms with Crippen LogP contribution in [-0.2, 0) is 6.54 Å². The third-order valence-corrected chi connectivity index (χ3v) is 3.05. The van der Waals surface area contributed by atoms with E-state index < -0.39 is 0 Å². The van der Waals surface area contributed by atoms with Crippen LogP contribution in [0.15, 0.2) is 5.38 Å². The minimum absolute atomic E-state index is 0.328. The molecule has 0 saturated heterocycles. The molecule has 0 unspecified atom stereocenters. The van der Waals surface area contributed by atoms with Gasteiger partial charge in [0.1, 0.15) is 0 Å². The zero-order valence-corrected chi connectivity index (χ0v) is 9.80. The number of hydrogen-bond acceptors (Lipinski definition) is 5. The number of hydrogen-bond donors (Lipinski definition) is 2. The molecule has 1 amide bonds. The molecule has 6 heteroatoms. The van der Waals surface area contributed by atoms with Gasteiger partial charge in [0.05, 0.1) is 5.69 Å². The first-order valence-electron chi connectivity index (χ1n) is 4.88. The first kappa shape index (κ1) is 12.1. The molecule has 0 saturated carbocycles. The van der Waals surface area contributed by atoms with Gasteiger partial charge >= 0.3 is 0 Å². The fraction of sp³-hybridized carbons (Fsp3) is 0.556. The van der Waals surface area contributed by atoms with Crippen LogP contribution in [0.1, 0.15) is 29.3 Å². The molecular weight excluding hydrogens is 212 g/mol. The van der Waals surface area contributed by atoms with Crippen LogP contribution in [0.4, 0.5) is 0 Å². The minimum Gasteiger partial charge on any atom is -0.298 e. The number of hydrazine groups is 1. The lowest BCUT2D eigenvalue weighted by Crippen LogP contribution is -2.30. The molecule has 1 rings (SSSR count). The van der Waals surface area contributed by atoms with Crippen LogP contribution in [0, 0.1) is 0 Å². The molecule has 0 fully saturated rings. The van der Waals surface area contributed by atoms with Crippen LogP contribution in [0.3, 0.4) is 0 Å². The Morgan fingerprint density at radius 3 is 2.80 bits per heavy atom. The molecule has 0 radical (unpaired) electrons. The summed E-state index contributed by atoms with van der Waals surface area (Å²) in [4.78, 5) is 17.6. The zero-order chi connectivity index (χ0) is 11.3. The highest BCUT2D eigenvalue weighted by Gasteiger charge is 2.10. The molecule has 0 aliphatic heterocycles. The molecule has 5 nitrogen and oxygen atoms in total. The Bertz CT molecular complexity index is 322. The van der Waals surface area contributed by atoms with Gasteiger partial charge in [-0.05, 0) is 13.1 Å². The maximum atomic E-state index is 11.1. The summed E-state index contributed by atoms with van der Waals surface area (Å²) in [5, 5.41) is 2.31. The quantitative estimate of drug-likeness (QED) is 0.439. The van der Waals surface area contributed by atoms with Gasteiger partial charge in [-0.15, -0.1) is 11.3 Å². The van der Waals surface area contributed by atoms with Gasteiger partial charge < -0.3 is 0 Å². The van der Waals surface area contributed by atoms with E-state index >= 15 is 0 Å². The van der Waals surface area contributed by atoms with Crippen molar-refractivity contribution < 1.29 is 4.79 Å². The second kappa shape index (κ2) is 5.79. The van der Waals surface area contributed by atoms with Crippen LogP contribution in [0.25, 0.3) is 0 Å². The van der Waals surface area contributed by atoms with Gasteiger partial charge in [0.15, 0.2) is 5.01 Å². The highest BCUT2D eigenvalue weighted by molar-refractivity contribution is 7.11. The molecule has 0 aromatic carbocycles. The molecule has 3 N–H and O–H groups in total. The summed E-state index contributed by atoms with van der Waals surface area (Å²) < 4.78 is 0. The molecular formula is C9H16N4OS. The Morgan fingerprint density at radius 2 is 2.27 bits per heavy atom. The average Bonchev–Trinajstić information content (AvgIpc) is 2.73. The maximum absolute atomic E-state index is 11.1. The Morgan fingerprint density at radius 1 is 1.60 bits per heavy atom. The number of carbonyl (C=O) groups is 1. The van der Waals surface area contributed by atoms with Crippen molar-refractivity contribution in [2.75, 3.05) is 13.1 Å². The van der Waals surface area contributed by atoms with E-state index in [1.807, 2.05) is 5.38 Å². The van der Waals surface area contributed by atoms with E-state index in [2.05, 4.69) is 29.2 Å². The summed E-state index contributed by atoms with van der Waals surface area (Å²) in [6.07, 6.45) is 0. The Hall–Kier alpha value is -0.980. The summed E-state index contributed by atoms with van der Waals surface area (Å²) in [5.41, 5.74) is 2.99. The smallest absolute Gasteiger partial charge is 0.294 e. The summed E-state index contributed by atoms with van der Waals surface area (Å²) in [5.74, 6) is 4.70. The zero-order valence-electron chi connectivity index (χ0n) is 8.99. The third kappa shape index (κ3) is 3.26. The van der Waals surface area contributed by atoms with E-state index in [9.17, 15) is 4.79 Å². The molecule has 0 spiro atoms. The van der Waals surface area contributed by atoms with E-state index in [0.717, 1.165) is 25.3 Å². The fourth-order valence-corrected chi connectivity index (χ4v) is 1.93. The number of nitrogens with zero attached hydrogens (tertiary/aromatic N) is 2. The molecule has 1 aromatic heterocycles. The van der Waals surface area contributed by atoms with Crippen molar-refractivity contribution in [3.05, 3.63) is 16.1 Å². The highest BCUT2D eigenvalue weighted by Crippen LogP contribution is 2.11. The summed E-state index contributed by atoms with van der Waals surface area (Å²) in [6.45, 7) is 6.94. The first-order valence-corrected chi connectivity index (χ1v) is 5.76. The fourth-order valence-electron chi connectivity index (χ4n) is 1.22. The van der Waals surface area contributed by atoms with Crippen molar-refractivity contribution in [2.45, 2.75) is 20.4 Å². The molecule has 0 aliphatic rings. The largest absolute Gasteiger partial charge is 0.298 e. The predicted octanol–water partition coefficient (Wildman–Crippen LogP) is 0.588. The molecule has 0 atom stereocenters. The monoisotopic (exact) mass is 228 g/mol. The predicted molar refractivity (Wildman–Crippen MR) is 60.4 cm³/mol. The topological polar surface area (TPSA) is 71.2 Å². The molecule has 1 aromatic rings. The number of amides is 1. The summed E-state index contributed by atoms with van der Waals surface area (Å²) in [6, 6.07) is 0. The van der Waals surface area contributed by atoms with Gasteiger partial charge in [-0.1, -0.05) is 13.8 Å². The normalized spacial score (nSPS) is 10.7. The summed E-state index contributed by atoms with van der Waals surface area (Å²) >= 11 is 1.32. The number of rotatable bonds is 5. The Kier molecular flexibility index (Phi) is 4.67. The lowest BCUT2D eigenvalue weighted by atomic mass is 10.4. The van der Waals surface area contributed by atoms with Crippen LogP contribution < -0.4 is 11.3 Å². The number of carbonyl (C=O) groups excluding carboxylic acids is 1.